The topological polar surface area (TPSA) is 26.3 Å². The van der Waals surface area contributed by atoms with Gasteiger partial charge in [-0.1, -0.05) is 37.9 Å². The van der Waals surface area contributed by atoms with Gasteiger partial charge in [-0.3, -0.25) is 4.79 Å². The average molecular weight is 238 g/mol. The number of ketones is 1. The Labute approximate surface area is 99.4 Å². The molecule has 1 aliphatic carbocycles. The van der Waals surface area contributed by atoms with E-state index in [-0.39, 0.29) is 11.7 Å². The van der Waals surface area contributed by atoms with E-state index < -0.39 is 8.07 Å². The number of ether oxygens (including phenoxy) is 1. The first-order chi connectivity index (χ1) is 7.40. The Kier molecular flexibility index (Phi) is 4.68. The molecule has 90 valence electrons. The summed E-state index contributed by atoms with van der Waals surface area (Å²) >= 11 is 0. The van der Waals surface area contributed by atoms with E-state index in [2.05, 4.69) is 19.6 Å². The van der Waals surface area contributed by atoms with Crippen LogP contribution in [0.5, 0.6) is 0 Å². The van der Waals surface area contributed by atoms with Crippen molar-refractivity contribution in [3.05, 3.63) is 23.8 Å². The Balaban J connectivity index is 2.27. The highest BCUT2D eigenvalue weighted by Gasteiger charge is 2.20. The molecule has 0 aromatic rings. The minimum Gasteiger partial charge on any atom is -0.381 e. The molecule has 0 amide bonds. The Morgan fingerprint density at radius 2 is 2.06 bits per heavy atom. The van der Waals surface area contributed by atoms with Crippen molar-refractivity contribution in [2.24, 2.45) is 5.92 Å². The van der Waals surface area contributed by atoms with E-state index in [9.17, 15) is 4.79 Å². The summed E-state index contributed by atoms with van der Waals surface area (Å²) in [5, 5.41) is 0. The molecule has 16 heavy (non-hydrogen) atoms. The second kappa shape index (κ2) is 5.59. The summed E-state index contributed by atoms with van der Waals surface area (Å²) in [5.41, 5.74) is 0.835. The summed E-state index contributed by atoms with van der Waals surface area (Å²) in [5.74, 6) is 0.141. The molecule has 0 fully saturated rings. The summed E-state index contributed by atoms with van der Waals surface area (Å²) in [6.45, 7) is 10.2. The van der Waals surface area contributed by atoms with Crippen LogP contribution in [0.3, 0.4) is 0 Å². The third-order valence-corrected chi connectivity index (χ3v) is 4.41. The maximum absolute atomic E-state index is 11.7. The van der Waals surface area contributed by atoms with Crippen LogP contribution in [-0.2, 0) is 9.53 Å². The molecule has 1 unspecified atom stereocenters. The molecular formula is C13H22O2Si. The average Bonchev–Trinajstić information content (AvgIpc) is 2.17. The minimum absolute atomic E-state index is 0.0633. The highest BCUT2D eigenvalue weighted by molar-refractivity contribution is 6.76. The van der Waals surface area contributed by atoms with Gasteiger partial charge in [-0.25, -0.2) is 0 Å². The van der Waals surface area contributed by atoms with Crippen molar-refractivity contribution >= 4 is 13.9 Å². The third-order valence-electron chi connectivity index (χ3n) is 2.71. The number of hydrogen-bond donors (Lipinski definition) is 0. The smallest absolute Gasteiger partial charge is 0.167 e. The molecule has 0 aromatic carbocycles. The van der Waals surface area contributed by atoms with Crippen molar-refractivity contribution in [3.63, 3.8) is 0 Å². The van der Waals surface area contributed by atoms with Crippen LogP contribution in [0, 0.1) is 5.92 Å². The van der Waals surface area contributed by atoms with Crippen LogP contribution in [0.1, 0.15) is 6.92 Å². The molecule has 0 heterocycles. The normalized spacial score (nSPS) is 21.1. The van der Waals surface area contributed by atoms with Gasteiger partial charge in [0.1, 0.15) is 0 Å². The molecule has 0 radical (unpaired) electrons. The summed E-state index contributed by atoms with van der Waals surface area (Å²) in [4.78, 5) is 11.7. The number of hydrogen-bond acceptors (Lipinski definition) is 2. The lowest BCUT2D eigenvalue weighted by atomic mass is 9.94. The summed E-state index contributed by atoms with van der Waals surface area (Å²) in [6.07, 6.45) is 5.74. The Hall–Kier alpha value is -0.673. The van der Waals surface area contributed by atoms with Crippen molar-refractivity contribution < 1.29 is 9.53 Å². The first kappa shape index (κ1) is 13.4. The van der Waals surface area contributed by atoms with Crippen LogP contribution in [-0.4, -0.2) is 27.1 Å². The van der Waals surface area contributed by atoms with Gasteiger partial charge in [0.25, 0.3) is 0 Å². The third kappa shape index (κ3) is 4.45. The number of allylic oxidation sites excluding steroid dienone is 3. The predicted molar refractivity (Wildman–Crippen MR) is 70.4 cm³/mol. The molecule has 1 rings (SSSR count). The molecule has 0 spiro atoms. The van der Waals surface area contributed by atoms with Gasteiger partial charge in [-0.2, -0.15) is 0 Å². The number of carbonyl (C=O) groups excluding carboxylic acids is 1. The highest BCUT2D eigenvalue weighted by atomic mass is 28.3. The number of carbonyl (C=O) groups is 1. The summed E-state index contributed by atoms with van der Waals surface area (Å²) in [6, 6.07) is 1.16. The monoisotopic (exact) mass is 238 g/mol. The molecule has 0 aliphatic heterocycles. The van der Waals surface area contributed by atoms with E-state index in [4.69, 9.17) is 4.74 Å². The Bertz CT molecular complexity index is 310. The van der Waals surface area contributed by atoms with E-state index in [0.29, 0.717) is 6.61 Å². The standard InChI is InChI=1S/C13H22O2Si/c1-11-6-5-7-12(13(11)14)10-15-8-9-16(2,3)4/h5-7,12H,8-10H2,1-4H3. The molecule has 1 atom stereocenters. The van der Waals surface area contributed by atoms with Crippen LogP contribution < -0.4 is 0 Å². The van der Waals surface area contributed by atoms with Gasteiger partial charge in [0.05, 0.1) is 12.5 Å². The maximum atomic E-state index is 11.7. The van der Waals surface area contributed by atoms with Crippen molar-refractivity contribution in [2.45, 2.75) is 32.6 Å². The second-order valence-corrected chi connectivity index (χ2v) is 11.2. The van der Waals surface area contributed by atoms with Gasteiger partial charge in [-0.05, 0) is 18.5 Å². The fourth-order valence-corrected chi connectivity index (χ4v) is 2.27. The van der Waals surface area contributed by atoms with Gasteiger partial charge in [0, 0.05) is 14.7 Å². The predicted octanol–water partition coefficient (Wildman–Crippen LogP) is 3.04. The lowest BCUT2D eigenvalue weighted by Gasteiger charge is -2.18. The summed E-state index contributed by atoms with van der Waals surface area (Å²) in [7, 11) is -1.01. The Morgan fingerprint density at radius 1 is 1.38 bits per heavy atom. The lowest BCUT2D eigenvalue weighted by molar-refractivity contribution is -0.119. The summed E-state index contributed by atoms with van der Waals surface area (Å²) < 4.78 is 5.60. The zero-order chi connectivity index (χ0) is 12.2. The zero-order valence-electron chi connectivity index (χ0n) is 10.7. The van der Waals surface area contributed by atoms with Crippen molar-refractivity contribution in [1.82, 2.24) is 0 Å². The van der Waals surface area contributed by atoms with E-state index in [0.717, 1.165) is 18.2 Å². The SMILES string of the molecule is CC1=CC=CC(COCC[Si](C)(C)C)C1=O. The highest BCUT2D eigenvalue weighted by Crippen LogP contribution is 2.15. The fraction of sp³-hybridized carbons (Fsp3) is 0.615. The molecule has 1 aliphatic rings. The van der Waals surface area contributed by atoms with E-state index in [1.807, 2.05) is 25.2 Å². The minimum atomic E-state index is -1.01. The second-order valence-electron chi connectivity index (χ2n) is 5.59. The van der Waals surface area contributed by atoms with Crippen molar-refractivity contribution in [2.75, 3.05) is 13.2 Å². The van der Waals surface area contributed by atoms with Crippen molar-refractivity contribution in [1.29, 1.82) is 0 Å². The largest absolute Gasteiger partial charge is 0.381 e. The first-order valence-electron chi connectivity index (χ1n) is 5.87. The van der Waals surface area contributed by atoms with Crippen LogP contribution in [0.25, 0.3) is 0 Å². The van der Waals surface area contributed by atoms with Gasteiger partial charge in [0.15, 0.2) is 5.78 Å². The molecule has 0 N–H and O–H groups in total. The molecular weight excluding hydrogens is 216 g/mol. The van der Waals surface area contributed by atoms with E-state index >= 15 is 0 Å². The fourth-order valence-electron chi connectivity index (χ4n) is 1.52. The quantitative estimate of drug-likeness (QED) is 0.543. The molecule has 0 saturated heterocycles. The van der Waals surface area contributed by atoms with E-state index in [1.165, 1.54) is 0 Å². The van der Waals surface area contributed by atoms with Crippen LogP contribution in [0.2, 0.25) is 25.7 Å². The molecule has 2 nitrogen and oxygen atoms in total. The molecule has 0 bridgehead atoms. The van der Waals surface area contributed by atoms with Crippen LogP contribution >= 0.6 is 0 Å². The van der Waals surface area contributed by atoms with Gasteiger partial charge < -0.3 is 4.74 Å². The van der Waals surface area contributed by atoms with Gasteiger partial charge >= 0.3 is 0 Å². The number of Topliss-reactive ketones (excluding diaryl/α,β-unsaturated/α-hetero) is 1. The van der Waals surface area contributed by atoms with Gasteiger partial charge in [0.2, 0.25) is 0 Å². The zero-order valence-corrected chi connectivity index (χ0v) is 11.7. The number of rotatable bonds is 5. The maximum Gasteiger partial charge on any atom is 0.167 e. The van der Waals surface area contributed by atoms with Crippen LogP contribution in [0.15, 0.2) is 23.8 Å². The van der Waals surface area contributed by atoms with Gasteiger partial charge in [-0.15, -0.1) is 0 Å². The Morgan fingerprint density at radius 3 is 2.69 bits per heavy atom. The molecule has 3 heteroatoms. The van der Waals surface area contributed by atoms with Crippen LogP contribution in [0.4, 0.5) is 0 Å². The first-order valence-corrected chi connectivity index (χ1v) is 9.58. The van der Waals surface area contributed by atoms with E-state index in [1.54, 1.807) is 0 Å². The van der Waals surface area contributed by atoms with Crippen molar-refractivity contribution in [3.8, 4) is 0 Å². The lowest BCUT2D eigenvalue weighted by Crippen LogP contribution is -2.25. The molecule has 0 saturated carbocycles. The molecule has 0 aromatic heterocycles.